The monoisotopic (exact) mass is 454 g/mol. The van der Waals surface area contributed by atoms with E-state index >= 15 is 0 Å². The molecule has 7 nitrogen and oxygen atoms in total. The Morgan fingerprint density at radius 2 is 1.91 bits per heavy atom. The molecule has 0 amide bonds. The first kappa shape index (κ1) is 21.8. The average Bonchev–Trinajstić information content (AvgIpc) is 3.23. The van der Waals surface area contributed by atoms with Crippen molar-refractivity contribution in [3.63, 3.8) is 0 Å². The summed E-state index contributed by atoms with van der Waals surface area (Å²) in [7, 11) is -1.90. The van der Waals surface area contributed by atoms with E-state index in [0.717, 1.165) is 41.7 Å². The molecule has 0 aliphatic heterocycles. The predicted octanol–water partition coefficient (Wildman–Crippen LogP) is 4.01. The van der Waals surface area contributed by atoms with Gasteiger partial charge in [0.25, 0.3) is 0 Å². The van der Waals surface area contributed by atoms with E-state index in [0.29, 0.717) is 16.8 Å². The van der Waals surface area contributed by atoms with Crippen molar-refractivity contribution in [1.82, 2.24) is 14.6 Å². The van der Waals surface area contributed by atoms with E-state index in [-0.39, 0.29) is 5.69 Å². The zero-order chi connectivity index (χ0) is 22.9. The first-order valence-electron chi connectivity index (χ1n) is 9.98. The molecule has 0 saturated carbocycles. The van der Waals surface area contributed by atoms with E-state index in [1.807, 2.05) is 29.5 Å². The second-order valence-corrected chi connectivity index (χ2v) is 9.40. The Morgan fingerprint density at radius 1 is 1.09 bits per heavy atom. The molecule has 0 radical (unpaired) electrons. The molecule has 0 saturated heterocycles. The summed E-state index contributed by atoms with van der Waals surface area (Å²) in [4.78, 5) is 0. The van der Waals surface area contributed by atoms with Crippen LogP contribution in [0.1, 0.15) is 16.8 Å². The van der Waals surface area contributed by atoms with Gasteiger partial charge in [0.15, 0.2) is 5.65 Å². The number of anilines is 1. The van der Waals surface area contributed by atoms with Crippen molar-refractivity contribution in [2.75, 3.05) is 18.1 Å². The van der Waals surface area contributed by atoms with Crippen LogP contribution in [0.5, 0.6) is 5.75 Å². The maximum absolute atomic E-state index is 14.5. The average molecular weight is 455 g/mol. The lowest BCUT2D eigenvalue weighted by Crippen LogP contribution is -2.10. The van der Waals surface area contributed by atoms with E-state index in [4.69, 9.17) is 4.74 Å². The van der Waals surface area contributed by atoms with Crippen LogP contribution in [0.2, 0.25) is 0 Å². The first-order chi connectivity index (χ1) is 15.2. The number of aromatic nitrogens is 3. The molecule has 2 aromatic heterocycles. The number of pyridine rings is 1. The second kappa shape index (κ2) is 8.58. The molecule has 0 bridgehead atoms. The summed E-state index contributed by atoms with van der Waals surface area (Å²) in [6.45, 7) is 2.03. The van der Waals surface area contributed by atoms with E-state index in [1.54, 1.807) is 19.5 Å². The number of aryl methyl sites for hydroxylation is 3. The molecular formula is C23H23FN4O3S. The smallest absolute Gasteiger partial charge is 0.229 e. The van der Waals surface area contributed by atoms with Crippen molar-refractivity contribution in [2.45, 2.75) is 19.8 Å². The highest BCUT2D eigenvalue weighted by Crippen LogP contribution is 2.29. The molecule has 0 unspecified atom stereocenters. The summed E-state index contributed by atoms with van der Waals surface area (Å²) in [6, 6.07) is 14.3. The summed E-state index contributed by atoms with van der Waals surface area (Å²) >= 11 is 0. The van der Waals surface area contributed by atoms with Crippen molar-refractivity contribution in [1.29, 1.82) is 0 Å². The molecule has 166 valence electrons. The fourth-order valence-corrected chi connectivity index (χ4v) is 4.24. The fourth-order valence-electron chi connectivity index (χ4n) is 3.68. The van der Waals surface area contributed by atoms with Crippen LogP contribution in [-0.4, -0.2) is 36.4 Å². The molecule has 0 aliphatic carbocycles. The van der Waals surface area contributed by atoms with Crippen molar-refractivity contribution in [3.8, 4) is 16.9 Å². The van der Waals surface area contributed by atoms with Gasteiger partial charge in [0, 0.05) is 11.3 Å². The first-order valence-corrected chi connectivity index (χ1v) is 11.9. The number of hydrogen-bond donors (Lipinski definition) is 1. The summed E-state index contributed by atoms with van der Waals surface area (Å²) in [5, 5.41) is 8.26. The number of fused-ring (bicyclic) bond motifs is 1. The van der Waals surface area contributed by atoms with Crippen LogP contribution in [0.15, 0.2) is 54.9 Å². The molecule has 0 fully saturated rings. The van der Waals surface area contributed by atoms with Gasteiger partial charge in [-0.1, -0.05) is 18.2 Å². The number of sulfonamides is 1. The van der Waals surface area contributed by atoms with Gasteiger partial charge in [-0.15, -0.1) is 10.2 Å². The summed E-state index contributed by atoms with van der Waals surface area (Å²) in [5.74, 6) is 0.195. The predicted molar refractivity (Wildman–Crippen MR) is 122 cm³/mol. The SMILES string of the molecule is COc1cc(C)ccc1CCc1ccc(-c2ccc(NS(C)(=O)=O)c(F)c2)c2nncn12. The van der Waals surface area contributed by atoms with Gasteiger partial charge in [-0.25, -0.2) is 12.8 Å². The van der Waals surface area contributed by atoms with Crippen molar-refractivity contribution < 1.29 is 17.5 Å². The largest absolute Gasteiger partial charge is 0.496 e. The molecule has 9 heteroatoms. The minimum atomic E-state index is -3.57. The third-order valence-electron chi connectivity index (χ3n) is 5.21. The van der Waals surface area contributed by atoms with E-state index in [1.165, 1.54) is 12.1 Å². The molecule has 2 aromatic carbocycles. The Hall–Kier alpha value is -3.46. The van der Waals surface area contributed by atoms with Crippen LogP contribution in [0, 0.1) is 12.7 Å². The number of ether oxygens (including phenoxy) is 1. The fraction of sp³-hybridized carbons (Fsp3) is 0.217. The number of rotatable bonds is 7. The maximum Gasteiger partial charge on any atom is 0.229 e. The molecule has 2 heterocycles. The van der Waals surface area contributed by atoms with Gasteiger partial charge < -0.3 is 4.74 Å². The normalized spacial score (nSPS) is 11.6. The Labute approximate surface area is 185 Å². The number of nitrogens with zero attached hydrogens (tertiary/aromatic N) is 3. The van der Waals surface area contributed by atoms with Gasteiger partial charge in [0.05, 0.1) is 19.1 Å². The lowest BCUT2D eigenvalue weighted by molar-refractivity contribution is 0.409. The van der Waals surface area contributed by atoms with Gasteiger partial charge in [-0.2, -0.15) is 0 Å². The highest BCUT2D eigenvalue weighted by Gasteiger charge is 2.14. The molecular weight excluding hydrogens is 431 g/mol. The second-order valence-electron chi connectivity index (χ2n) is 7.65. The van der Waals surface area contributed by atoms with Gasteiger partial charge in [-0.05, 0) is 66.8 Å². The van der Waals surface area contributed by atoms with Gasteiger partial charge in [0.1, 0.15) is 17.9 Å². The summed E-state index contributed by atoms with van der Waals surface area (Å²) in [5.41, 5.74) is 5.03. The number of halogens is 1. The van der Waals surface area contributed by atoms with Crippen molar-refractivity contribution in [2.24, 2.45) is 0 Å². The van der Waals surface area contributed by atoms with Crippen LogP contribution in [0.4, 0.5) is 10.1 Å². The van der Waals surface area contributed by atoms with Crippen LogP contribution in [0.25, 0.3) is 16.8 Å². The molecule has 1 N–H and O–H groups in total. The highest BCUT2D eigenvalue weighted by atomic mass is 32.2. The van der Waals surface area contributed by atoms with Crippen LogP contribution >= 0.6 is 0 Å². The van der Waals surface area contributed by atoms with Gasteiger partial charge >= 0.3 is 0 Å². The topological polar surface area (TPSA) is 85.6 Å². The zero-order valence-corrected chi connectivity index (χ0v) is 18.8. The van der Waals surface area contributed by atoms with Crippen molar-refractivity contribution >= 4 is 21.4 Å². The Morgan fingerprint density at radius 3 is 2.62 bits per heavy atom. The Kier molecular flexibility index (Phi) is 5.84. The lowest BCUT2D eigenvalue weighted by atomic mass is 10.0. The van der Waals surface area contributed by atoms with Gasteiger partial charge in [-0.3, -0.25) is 9.12 Å². The highest BCUT2D eigenvalue weighted by molar-refractivity contribution is 7.92. The number of benzene rings is 2. The van der Waals surface area contributed by atoms with E-state index in [9.17, 15) is 12.8 Å². The number of nitrogens with one attached hydrogen (secondary N) is 1. The van der Waals surface area contributed by atoms with Crippen LogP contribution in [-0.2, 0) is 22.9 Å². The minimum Gasteiger partial charge on any atom is -0.496 e. The van der Waals surface area contributed by atoms with Gasteiger partial charge in [0.2, 0.25) is 10.0 Å². The standard InChI is InChI=1S/C23H23FN4O3S/c1-15-4-5-16(22(12-15)31-2)6-8-18-9-10-19(23-26-25-14-28(18)23)17-7-11-21(20(24)13-17)27-32(3,29)30/h4-5,7,9-14,27H,6,8H2,1-3H3. The number of methoxy groups -OCH3 is 1. The zero-order valence-electron chi connectivity index (χ0n) is 18.0. The molecule has 4 rings (SSSR count). The summed E-state index contributed by atoms with van der Waals surface area (Å²) in [6.07, 6.45) is 4.12. The van der Waals surface area contributed by atoms with Crippen LogP contribution in [0.3, 0.4) is 0 Å². The summed E-state index contributed by atoms with van der Waals surface area (Å²) < 4.78 is 46.9. The van der Waals surface area contributed by atoms with E-state index < -0.39 is 15.8 Å². The molecule has 4 aromatic rings. The third-order valence-corrected chi connectivity index (χ3v) is 5.80. The number of hydrogen-bond acceptors (Lipinski definition) is 5. The van der Waals surface area contributed by atoms with Crippen molar-refractivity contribution in [3.05, 3.63) is 77.5 Å². The minimum absolute atomic E-state index is 0.0996. The quantitative estimate of drug-likeness (QED) is 0.456. The molecule has 0 atom stereocenters. The third kappa shape index (κ3) is 4.57. The molecule has 0 aliphatic rings. The molecule has 0 spiro atoms. The van der Waals surface area contributed by atoms with Crippen LogP contribution < -0.4 is 9.46 Å². The Balaban J connectivity index is 1.64. The van der Waals surface area contributed by atoms with E-state index in [2.05, 4.69) is 27.1 Å². The lowest BCUT2D eigenvalue weighted by Gasteiger charge is -2.12. The maximum atomic E-state index is 14.5. The molecule has 32 heavy (non-hydrogen) atoms. The Bertz CT molecular complexity index is 1400.